The van der Waals surface area contributed by atoms with Crippen LogP contribution in [-0.2, 0) is 24.7 Å². The van der Waals surface area contributed by atoms with E-state index in [0.29, 0.717) is 12.2 Å². The molecule has 1 fully saturated rings. The highest BCUT2D eigenvalue weighted by Crippen LogP contribution is 2.29. The summed E-state index contributed by atoms with van der Waals surface area (Å²) in [6.07, 6.45) is 0.237. The molecule has 0 aliphatic carbocycles. The van der Waals surface area contributed by atoms with Gasteiger partial charge in [0, 0.05) is 19.0 Å². The third-order valence-electron chi connectivity index (χ3n) is 4.25. The SMILES string of the molecule is COc1ccc(S(=O)(=O)NCCC(=O)NC2(C)CCS(=O)(=O)C2)cc1OC. The summed E-state index contributed by atoms with van der Waals surface area (Å²) in [5, 5.41) is 2.68. The van der Waals surface area contributed by atoms with Crippen molar-refractivity contribution in [2.45, 2.75) is 30.2 Å². The van der Waals surface area contributed by atoms with E-state index in [4.69, 9.17) is 9.47 Å². The second-order valence-corrected chi connectivity index (χ2v) is 10.6. The summed E-state index contributed by atoms with van der Waals surface area (Å²) in [5.74, 6) is 0.187. The Bertz CT molecular complexity index is 913. The molecule has 9 nitrogen and oxygen atoms in total. The molecule has 2 N–H and O–H groups in total. The molecule has 0 aromatic heterocycles. The van der Waals surface area contributed by atoms with E-state index in [1.54, 1.807) is 6.92 Å². The van der Waals surface area contributed by atoms with E-state index in [9.17, 15) is 21.6 Å². The number of hydrogen-bond donors (Lipinski definition) is 2. The van der Waals surface area contributed by atoms with Crippen LogP contribution < -0.4 is 19.5 Å². The lowest BCUT2D eigenvalue weighted by Gasteiger charge is -2.23. The Kier molecular flexibility index (Phi) is 6.38. The predicted octanol–water partition coefficient (Wildman–Crippen LogP) is 0.0656. The first-order valence-corrected chi connectivity index (χ1v) is 11.5. The first-order chi connectivity index (χ1) is 12.5. The Morgan fingerprint density at radius 2 is 1.89 bits per heavy atom. The first-order valence-electron chi connectivity index (χ1n) is 8.23. The molecule has 0 radical (unpaired) electrons. The van der Waals surface area contributed by atoms with Crippen molar-refractivity contribution >= 4 is 25.8 Å². The molecule has 0 bridgehead atoms. The minimum Gasteiger partial charge on any atom is -0.493 e. The van der Waals surface area contributed by atoms with Gasteiger partial charge in [0.05, 0.1) is 36.2 Å². The Hall–Kier alpha value is -1.85. The monoisotopic (exact) mass is 420 g/mol. The van der Waals surface area contributed by atoms with E-state index in [0.717, 1.165) is 0 Å². The van der Waals surface area contributed by atoms with Crippen molar-refractivity contribution in [2.24, 2.45) is 0 Å². The number of rotatable bonds is 8. The van der Waals surface area contributed by atoms with Gasteiger partial charge in [-0.3, -0.25) is 4.79 Å². The zero-order valence-corrected chi connectivity index (χ0v) is 17.1. The maximum absolute atomic E-state index is 12.4. The first kappa shape index (κ1) is 21.5. The molecule has 0 spiro atoms. The molecular formula is C16H24N2O7S2. The van der Waals surface area contributed by atoms with E-state index in [-0.39, 0.29) is 35.1 Å². The highest BCUT2D eigenvalue weighted by atomic mass is 32.2. The van der Waals surface area contributed by atoms with Gasteiger partial charge in [0.2, 0.25) is 15.9 Å². The van der Waals surface area contributed by atoms with Crippen LogP contribution in [0.3, 0.4) is 0 Å². The highest BCUT2D eigenvalue weighted by molar-refractivity contribution is 7.91. The van der Waals surface area contributed by atoms with Crippen LogP contribution in [0.2, 0.25) is 0 Å². The van der Waals surface area contributed by atoms with Gasteiger partial charge in [0.25, 0.3) is 0 Å². The third kappa shape index (κ3) is 5.56. The molecule has 1 heterocycles. The number of sulfonamides is 1. The summed E-state index contributed by atoms with van der Waals surface area (Å²) >= 11 is 0. The Morgan fingerprint density at radius 3 is 2.44 bits per heavy atom. The lowest BCUT2D eigenvalue weighted by Crippen LogP contribution is -2.47. The molecule has 1 aliphatic heterocycles. The summed E-state index contributed by atoms with van der Waals surface area (Å²) in [4.78, 5) is 12.0. The number of nitrogens with one attached hydrogen (secondary N) is 2. The van der Waals surface area contributed by atoms with Crippen molar-refractivity contribution in [2.75, 3.05) is 32.3 Å². The lowest BCUT2D eigenvalue weighted by molar-refractivity contribution is -0.122. The van der Waals surface area contributed by atoms with E-state index in [2.05, 4.69) is 10.0 Å². The number of hydrogen-bond acceptors (Lipinski definition) is 7. The maximum atomic E-state index is 12.4. The van der Waals surface area contributed by atoms with Crippen molar-refractivity contribution in [3.05, 3.63) is 18.2 Å². The van der Waals surface area contributed by atoms with Crippen LogP contribution in [0, 0.1) is 0 Å². The van der Waals surface area contributed by atoms with Crippen molar-refractivity contribution in [3.63, 3.8) is 0 Å². The van der Waals surface area contributed by atoms with Crippen LogP contribution in [0.4, 0.5) is 0 Å². The van der Waals surface area contributed by atoms with Crippen molar-refractivity contribution < 1.29 is 31.1 Å². The second-order valence-electron chi connectivity index (χ2n) is 6.62. The molecule has 1 unspecified atom stereocenters. The number of ether oxygens (including phenoxy) is 2. The molecule has 11 heteroatoms. The van der Waals surface area contributed by atoms with E-state index < -0.39 is 31.3 Å². The van der Waals surface area contributed by atoms with Gasteiger partial charge in [-0.05, 0) is 25.5 Å². The van der Waals surface area contributed by atoms with Gasteiger partial charge in [-0.1, -0.05) is 0 Å². The Labute approximate surface area is 159 Å². The summed E-state index contributed by atoms with van der Waals surface area (Å²) in [7, 11) is -4.13. The largest absolute Gasteiger partial charge is 0.493 e. The molecule has 1 aromatic carbocycles. The third-order valence-corrected chi connectivity index (χ3v) is 7.62. The van der Waals surface area contributed by atoms with E-state index in [1.807, 2.05) is 0 Å². The van der Waals surface area contributed by atoms with Gasteiger partial charge >= 0.3 is 0 Å². The number of sulfone groups is 1. The second kappa shape index (κ2) is 8.03. The fraction of sp³-hybridized carbons (Fsp3) is 0.562. The van der Waals surface area contributed by atoms with Crippen molar-refractivity contribution in [1.82, 2.24) is 10.0 Å². The van der Waals surface area contributed by atoms with Crippen LogP contribution in [0.1, 0.15) is 19.8 Å². The standard InChI is InChI=1S/C16H24N2O7S2/c1-16(7-9-26(20,21)11-16)18-15(19)6-8-17-27(22,23)12-4-5-13(24-2)14(10-12)25-3/h4-5,10,17H,6-9,11H2,1-3H3,(H,18,19). The molecule has 1 amide bonds. The molecule has 27 heavy (non-hydrogen) atoms. The number of amides is 1. The highest BCUT2D eigenvalue weighted by Gasteiger charge is 2.39. The van der Waals surface area contributed by atoms with Crippen LogP contribution in [0.5, 0.6) is 11.5 Å². The van der Waals surface area contributed by atoms with Gasteiger partial charge in [0.1, 0.15) is 0 Å². The fourth-order valence-electron chi connectivity index (χ4n) is 2.87. The van der Waals surface area contributed by atoms with Crippen LogP contribution >= 0.6 is 0 Å². The fourth-order valence-corrected chi connectivity index (χ4v) is 6.01. The van der Waals surface area contributed by atoms with Crippen molar-refractivity contribution in [1.29, 1.82) is 0 Å². The quantitative estimate of drug-likeness (QED) is 0.609. The van der Waals surface area contributed by atoms with E-state index >= 15 is 0 Å². The molecular weight excluding hydrogens is 396 g/mol. The molecule has 1 aromatic rings. The Balaban J connectivity index is 1.93. The molecule has 1 aliphatic rings. The lowest BCUT2D eigenvalue weighted by atomic mass is 10.0. The van der Waals surface area contributed by atoms with Gasteiger partial charge in [-0.25, -0.2) is 21.6 Å². The maximum Gasteiger partial charge on any atom is 0.240 e. The average Bonchev–Trinajstić information content (AvgIpc) is 2.86. The molecule has 2 rings (SSSR count). The smallest absolute Gasteiger partial charge is 0.240 e. The number of methoxy groups -OCH3 is 2. The summed E-state index contributed by atoms with van der Waals surface area (Å²) in [5.41, 5.74) is -0.807. The predicted molar refractivity (Wildman–Crippen MR) is 99.2 cm³/mol. The summed E-state index contributed by atoms with van der Waals surface area (Å²) in [6.45, 7) is 1.55. The topological polar surface area (TPSA) is 128 Å². The minimum absolute atomic E-state index is 0.0191. The molecule has 152 valence electrons. The van der Waals surface area contributed by atoms with Gasteiger partial charge in [-0.2, -0.15) is 0 Å². The van der Waals surface area contributed by atoms with Crippen LogP contribution in [0.15, 0.2) is 23.1 Å². The zero-order chi connectivity index (χ0) is 20.3. The number of benzene rings is 1. The van der Waals surface area contributed by atoms with E-state index in [1.165, 1.54) is 32.4 Å². The summed E-state index contributed by atoms with van der Waals surface area (Å²) < 4.78 is 60.3. The van der Waals surface area contributed by atoms with Crippen molar-refractivity contribution in [3.8, 4) is 11.5 Å². The molecule has 1 saturated heterocycles. The minimum atomic E-state index is -3.84. The Morgan fingerprint density at radius 1 is 1.22 bits per heavy atom. The van der Waals surface area contributed by atoms with Gasteiger partial charge < -0.3 is 14.8 Å². The van der Waals surface area contributed by atoms with Crippen LogP contribution in [-0.4, -0.2) is 60.6 Å². The normalized spacial score (nSPS) is 21.6. The van der Waals surface area contributed by atoms with Gasteiger partial charge in [-0.15, -0.1) is 0 Å². The van der Waals surface area contributed by atoms with Gasteiger partial charge in [0.15, 0.2) is 21.3 Å². The zero-order valence-electron chi connectivity index (χ0n) is 15.4. The average molecular weight is 421 g/mol. The number of carbonyl (C=O) groups excluding carboxylic acids is 1. The summed E-state index contributed by atoms with van der Waals surface area (Å²) in [6, 6.07) is 4.17. The molecule has 1 atom stereocenters. The number of carbonyl (C=O) groups is 1. The molecule has 0 saturated carbocycles. The van der Waals surface area contributed by atoms with Crippen LogP contribution in [0.25, 0.3) is 0 Å².